The number of carbonyl (C=O) groups excluding carboxylic acids is 1. The fourth-order valence-corrected chi connectivity index (χ4v) is 2.58. The van der Waals surface area contributed by atoms with Crippen molar-refractivity contribution in [3.63, 3.8) is 0 Å². The Labute approximate surface area is 122 Å². The van der Waals surface area contributed by atoms with E-state index in [1.54, 1.807) is 19.1 Å². The first-order valence-corrected chi connectivity index (χ1v) is 6.65. The molecule has 21 heavy (non-hydrogen) atoms. The van der Waals surface area contributed by atoms with Crippen LogP contribution in [-0.2, 0) is 0 Å². The van der Waals surface area contributed by atoms with Crippen LogP contribution in [0, 0.1) is 5.41 Å². The first-order valence-electron chi connectivity index (χ1n) is 6.65. The average Bonchev–Trinajstić information content (AvgIpc) is 2.79. The van der Waals surface area contributed by atoms with E-state index in [9.17, 15) is 4.79 Å². The lowest BCUT2D eigenvalue weighted by molar-refractivity contribution is 0.0967. The van der Waals surface area contributed by atoms with Crippen molar-refractivity contribution in [2.24, 2.45) is 0 Å². The molecule has 0 aliphatic rings. The highest BCUT2D eigenvalue weighted by atomic mass is 16.2. The summed E-state index contributed by atoms with van der Waals surface area (Å²) < 4.78 is 1.48. The maximum absolute atomic E-state index is 12.7. The molecule has 0 aliphatic carbocycles. The van der Waals surface area contributed by atoms with Crippen molar-refractivity contribution in [2.45, 2.75) is 6.92 Å². The van der Waals surface area contributed by atoms with Crippen LogP contribution in [0.15, 0.2) is 54.6 Å². The van der Waals surface area contributed by atoms with E-state index >= 15 is 0 Å². The molecule has 4 heteroatoms. The summed E-state index contributed by atoms with van der Waals surface area (Å²) in [6, 6.07) is 16.5. The first-order chi connectivity index (χ1) is 10.1. The quantitative estimate of drug-likeness (QED) is 0.705. The second-order valence-corrected chi connectivity index (χ2v) is 4.91. The smallest absolute Gasteiger partial charge is 0.263 e. The van der Waals surface area contributed by atoms with Crippen molar-refractivity contribution < 1.29 is 4.79 Å². The molecule has 0 spiro atoms. The summed E-state index contributed by atoms with van der Waals surface area (Å²) in [5.41, 5.74) is 8.42. The SMILES string of the molecule is CC(=N)c1c(N)n(C(=O)c2ccccc2)c2ccccc12. The topological polar surface area (TPSA) is 71.9 Å². The molecule has 0 fully saturated rings. The van der Waals surface area contributed by atoms with Gasteiger partial charge in [0.15, 0.2) is 0 Å². The molecule has 0 atom stereocenters. The number of nitrogens with two attached hydrogens (primary N) is 1. The van der Waals surface area contributed by atoms with Crippen LogP contribution in [0.2, 0.25) is 0 Å². The Morgan fingerprint density at radius 2 is 1.67 bits per heavy atom. The van der Waals surface area contributed by atoms with Gasteiger partial charge in [-0.25, -0.2) is 0 Å². The van der Waals surface area contributed by atoms with Crippen LogP contribution in [0.25, 0.3) is 10.9 Å². The molecule has 0 saturated heterocycles. The Kier molecular flexibility index (Phi) is 3.06. The van der Waals surface area contributed by atoms with E-state index in [0.29, 0.717) is 22.7 Å². The normalized spacial score (nSPS) is 10.7. The molecule has 2 aromatic carbocycles. The minimum Gasteiger partial charge on any atom is -0.384 e. The van der Waals surface area contributed by atoms with Gasteiger partial charge in [-0.15, -0.1) is 0 Å². The maximum Gasteiger partial charge on any atom is 0.263 e. The van der Waals surface area contributed by atoms with Gasteiger partial charge < -0.3 is 11.1 Å². The van der Waals surface area contributed by atoms with Crippen molar-refractivity contribution in [2.75, 3.05) is 5.73 Å². The van der Waals surface area contributed by atoms with Crippen LogP contribution in [0.5, 0.6) is 0 Å². The van der Waals surface area contributed by atoms with Gasteiger partial charge >= 0.3 is 0 Å². The van der Waals surface area contributed by atoms with Crippen molar-refractivity contribution in [3.8, 4) is 0 Å². The first kappa shape index (κ1) is 13.1. The van der Waals surface area contributed by atoms with Gasteiger partial charge in [-0.3, -0.25) is 9.36 Å². The second-order valence-electron chi connectivity index (χ2n) is 4.91. The van der Waals surface area contributed by atoms with E-state index in [2.05, 4.69) is 0 Å². The predicted molar refractivity (Wildman–Crippen MR) is 85.0 cm³/mol. The lowest BCUT2D eigenvalue weighted by atomic mass is 10.1. The summed E-state index contributed by atoms with van der Waals surface area (Å²) in [6.45, 7) is 1.68. The number of aromatic nitrogens is 1. The Hall–Kier alpha value is -2.88. The van der Waals surface area contributed by atoms with E-state index in [1.807, 2.05) is 42.5 Å². The van der Waals surface area contributed by atoms with Gasteiger partial charge in [-0.2, -0.15) is 0 Å². The van der Waals surface area contributed by atoms with Gasteiger partial charge in [0, 0.05) is 22.2 Å². The molecule has 0 amide bonds. The van der Waals surface area contributed by atoms with Gasteiger partial charge in [-0.05, 0) is 25.1 Å². The molecule has 0 radical (unpaired) electrons. The minimum absolute atomic E-state index is 0.184. The van der Waals surface area contributed by atoms with Crippen LogP contribution >= 0.6 is 0 Å². The zero-order valence-corrected chi connectivity index (χ0v) is 11.6. The number of benzene rings is 2. The second kappa shape index (κ2) is 4.90. The highest BCUT2D eigenvalue weighted by molar-refractivity contribution is 6.17. The molecular weight excluding hydrogens is 262 g/mol. The van der Waals surface area contributed by atoms with Gasteiger partial charge in [0.1, 0.15) is 5.82 Å². The van der Waals surface area contributed by atoms with Crippen LogP contribution in [0.4, 0.5) is 5.82 Å². The molecule has 4 nitrogen and oxygen atoms in total. The Balaban J connectivity index is 2.31. The van der Waals surface area contributed by atoms with Crippen molar-refractivity contribution in [3.05, 3.63) is 65.7 Å². The lowest BCUT2D eigenvalue weighted by Gasteiger charge is -2.07. The summed E-state index contributed by atoms with van der Waals surface area (Å²) in [4.78, 5) is 12.7. The molecule has 0 unspecified atom stereocenters. The predicted octanol–water partition coefficient (Wildman–Crippen LogP) is 3.30. The number of nitrogen functional groups attached to an aromatic ring is 1. The molecule has 3 N–H and O–H groups in total. The number of fused-ring (bicyclic) bond motifs is 1. The number of carbonyl (C=O) groups is 1. The third-order valence-corrected chi connectivity index (χ3v) is 3.51. The molecule has 0 saturated carbocycles. The van der Waals surface area contributed by atoms with Crippen LogP contribution < -0.4 is 5.73 Å². The third-order valence-electron chi connectivity index (χ3n) is 3.51. The summed E-state index contributed by atoms with van der Waals surface area (Å²) in [5.74, 6) is 0.134. The van der Waals surface area contributed by atoms with Crippen molar-refractivity contribution in [1.82, 2.24) is 4.57 Å². The van der Waals surface area contributed by atoms with Gasteiger partial charge in [0.05, 0.1) is 5.52 Å². The number of anilines is 1. The molecule has 3 rings (SSSR count). The van der Waals surface area contributed by atoms with Gasteiger partial charge in [-0.1, -0.05) is 36.4 Å². The number of nitrogens with one attached hydrogen (secondary N) is 1. The highest BCUT2D eigenvalue weighted by Crippen LogP contribution is 2.29. The van der Waals surface area contributed by atoms with Crippen LogP contribution in [-0.4, -0.2) is 16.2 Å². The summed E-state index contributed by atoms with van der Waals surface area (Å²) in [6.07, 6.45) is 0. The van der Waals surface area contributed by atoms with E-state index in [0.717, 1.165) is 10.9 Å². The maximum atomic E-state index is 12.7. The monoisotopic (exact) mass is 277 g/mol. The Bertz CT molecular complexity index is 847. The molecule has 3 aromatic rings. The average molecular weight is 277 g/mol. The summed E-state index contributed by atoms with van der Waals surface area (Å²) >= 11 is 0. The Morgan fingerprint density at radius 3 is 2.33 bits per heavy atom. The molecule has 1 heterocycles. The third kappa shape index (κ3) is 2.01. The number of para-hydroxylation sites is 1. The fraction of sp³-hybridized carbons (Fsp3) is 0.0588. The molecule has 104 valence electrons. The van der Waals surface area contributed by atoms with Crippen molar-refractivity contribution >= 4 is 28.3 Å². The van der Waals surface area contributed by atoms with E-state index < -0.39 is 0 Å². The van der Waals surface area contributed by atoms with Crippen LogP contribution in [0.1, 0.15) is 22.8 Å². The number of hydrogen-bond acceptors (Lipinski definition) is 3. The van der Waals surface area contributed by atoms with Gasteiger partial charge in [0.25, 0.3) is 5.91 Å². The van der Waals surface area contributed by atoms with E-state index in [1.165, 1.54) is 4.57 Å². The fourth-order valence-electron chi connectivity index (χ4n) is 2.58. The zero-order valence-electron chi connectivity index (χ0n) is 11.6. The zero-order chi connectivity index (χ0) is 15.0. The summed E-state index contributed by atoms with van der Waals surface area (Å²) in [7, 11) is 0. The number of nitrogens with zero attached hydrogens (tertiary/aromatic N) is 1. The Morgan fingerprint density at radius 1 is 1.05 bits per heavy atom. The standard InChI is InChI=1S/C17H15N3O/c1-11(18)15-13-9-5-6-10-14(13)20(16(15)19)17(21)12-7-3-2-4-8-12/h2-10,18H,19H2,1H3. The lowest BCUT2D eigenvalue weighted by Crippen LogP contribution is -2.15. The van der Waals surface area contributed by atoms with E-state index in [4.69, 9.17) is 11.1 Å². The van der Waals surface area contributed by atoms with E-state index in [-0.39, 0.29) is 5.91 Å². The largest absolute Gasteiger partial charge is 0.384 e. The summed E-state index contributed by atoms with van der Waals surface area (Å²) in [5, 5.41) is 8.74. The highest BCUT2D eigenvalue weighted by Gasteiger charge is 2.20. The molecular formula is C17H15N3O. The number of rotatable bonds is 2. The molecule has 0 aliphatic heterocycles. The van der Waals surface area contributed by atoms with Crippen molar-refractivity contribution in [1.29, 1.82) is 5.41 Å². The van der Waals surface area contributed by atoms with Crippen LogP contribution in [0.3, 0.4) is 0 Å². The molecule has 1 aromatic heterocycles. The number of hydrogen-bond donors (Lipinski definition) is 2. The minimum atomic E-state index is -0.184. The van der Waals surface area contributed by atoms with Gasteiger partial charge in [0.2, 0.25) is 0 Å². The molecule has 0 bridgehead atoms.